The van der Waals surface area contributed by atoms with Gasteiger partial charge in [-0.25, -0.2) is 4.98 Å². The number of thioether (sulfide) groups is 1. The number of oxazole rings is 1. The molecule has 1 N–H and O–H groups in total. The predicted molar refractivity (Wildman–Crippen MR) is 83.2 cm³/mol. The summed E-state index contributed by atoms with van der Waals surface area (Å²) in [5, 5.41) is 9.41. The molecule has 1 aromatic heterocycles. The van der Waals surface area contributed by atoms with Crippen LogP contribution in [0.2, 0.25) is 0 Å². The molecule has 1 aromatic carbocycles. The first kappa shape index (κ1) is 14.6. The van der Waals surface area contributed by atoms with E-state index in [0.29, 0.717) is 19.1 Å². The third kappa shape index (κ3) is 3.15. The maximum Gasteiger partial charge on any atom is 0.226 e. The molecule has 0 saturated carbocycles. The summed E-state index contributed by atoms with van der Waals surface area (Å²) in [7, 11) is 0. The van der Waals surface area contributed by atoms with Gasteiger partial charge in [-0.05, 0) is 19.1 Å². The molecular weight excluding hydrogens is 286 g/mol. The van der Waals surface area contributed by atoms with Crippen LogP contribution in [0.25, 0.3) is 11.5 Å². The van der Waals surface area contributed by atoms with E-state index >= 15 is 0 Å². The van der Waals surface area contributed by atoms with Gasteiger partial charge in [0.05, 0.1) is 25.5 Å². The number of benzene rings is 1. The van der Waals surface area contributed by atoms with Crippen molar-refractivity contribution in [1.29, 1.82) is 0 Å². The standard InChI is InChI=1S/C16H19NO3S/c1-12-14(7-21-11-16(8-18)9-19-10-16)17-15(20-12)13-5-3-2-4-6-13/h2-6,18H,7-11H2,1H3. The van der Waals surface area contributed by atoms with Crippen molar-refractivity contribution < 1.29 is 14.3 Å². The average Bonchev–Trinajstić information content (AvgIpc) is 2.84. The van der Waals surface area contributed by atoms with E-state index in [4.69, 9.17) is 9.15 Å². The molecule has 0 aliphatic carbocycles. The van der Waals surface area contributed by atoms with E-state index in [2.05, 4.69) is 4.98 Å². The van der Waals surface area contributed by atoms with Crippen LogP contribution in [0, 0.1) is 12.3 Å². The molecule has 0 spiro atoms. The van der Waals surface area contributed by atoms with Crippen LogP contribution in [0.5, 0.6) is 0 Å². The molecule has 1 fully saturated rings. The highest BCUT2D eigenvalue weighted by Gasteiger charge is 2.37. The number of nitrogens with zero attached hydrogens (tertiary/aromatic N) is 1. The quantitative estimate of drug-likeness (QED) is 0.889. The van der Waals surface area contributed by atoms with E-state index < -0.39 is 0 Å². The van der Waals surface area contributed by atoms with E-state index in [9.17, 15) is 5.11 Å². The molecule has 21 heavy (non-hydrogen) atoms. The van der Waals surface area contributed by atoms with E-state index in [1.807, 2.05) is 37.3 Å². The lowest BCUT2D eigenvalue weighted by Gasteiger charge is -2.39. The van der Waals surface area contributed by atoms with Gasteiger partial charge in [0.1, 0.15) is 5.76 Å². The number of aliphatic hydroxyl groups is 1. The molecule has 112 valence electrons. The van der Waals surface area contributed by atoms with Gasteiger partial charge in [-0.1, -0.05) is 18.2 Å². The molecule has 3 rings (SSSR count). The van der Waals surface area contributed by atoms with E-state index in [1.54, 1.807) is 11.8 Å². The summed E-state index contributed by atoms with van der Waals surface area (Å²) in [6.45, 7) is 3.45. The molecule has 1 aliphatic heterocycles. The number of hydrogen-bond acceptors (Lipinski definition) is 5. The van der Waals surface area contributed by atoms with Gasteiger partial charge in [0, 0.05) is 22.5 Å². The molecule has 0 unspecified atom stereocenters. The maximum absolute atomic E-state index is 9.41. The second-order valence-corrected chi connectivity index (χ2v) is 6.52. The summed E-state index contributed by atoms with van der Waals surface area (Å²) in [4.78, 5) is 4.59. The summed E-state index contributed by atoms with van der Waals surface area (Å²) in [6, 6.07) is 9.92. The minimum Gasteiger partial charge on any atom is -0.441 e. The fraction of sp³-hybridized carbons (Fsp3) is 0.438. The summed E-state index contributed by atoms with van der Waals surface area (Å²) < 4.78 is 11.0. The van der Waals surface area contributed by atoms with Crippen LogP contribution in [-0.2, 0) is 10.5 Å². The van der Waals surface area contributed by atoms with Crippen molar-refractivity contribution >= 4 is 11.8 Å². The number of aliphatic hydroxyl groups excluding tert-OH is 1. The van der Waals surface area contributed by atoms with Crippen LogP contribution in [0.4, 0.5) is 0 Å². The van der Waals surface area contributed by atoms with Gasteiger partial charge in [0.2, 0.25) is 5.89 Å². The van der Waals surface area contributed by atoms with Gasteiger partial charge in [0.15, 0.2) is 0 Å². The van der Waals surface area contributed by atoms with Crippen molar-refractivity contribution in [2.75, 3.05) is 25.6 Å². The van der Waals surface area contributed by atoms with Crippen LogP contribution in [-0.4, -0.2) is 35.7 Å². The van der Waals surface area contributed by atoms with Crippen molar-refractivity contribution in [3.05, 3.63) is 41.8 Å². The molecular formula is C16H19NO3S. The molecule has 5 heteroatoms. The van der Waals surface area contributed by atoms with E-state index in [-0.39, 0.29) is 12.0 Å². The van der Waals surface area contributed by atoms with Gasteiger partial charge in [-0.2, -0.15) is 11.8 Å². The second kappa shape index (κ2) is 6.22. The summed E-state index contributed by atoms with van der Waals surface area (Å²) in [5.74, 6) is 3.22. The highest BCUT2D eigenvalue weighted by Crippen LogP contribution is 2.33. The van der Waals surface area contributed by atoms with Crippen molar-refractivity contribution in [2.24, 2.45) is 5.41 Å². The molecule has 0 bridgehead atoms. The third-order valence-corrected chi connectivity index (χ3v) is 5.01. The van der Waals surface area contributed by atoms with Gasteiger partial charge in [0.25, 0.3) is 0 Å². The zero-order valence-electron chi connectivity index (χ0n) is 12.0. The molecule has 2 aromatic rings. The highest BCUT2D eigenvalue weighted by molar-refractivity contribution is 7.98. The molecule has 1 saturated heterocycles. The predicted octanol–water partition coefficient (Wildman–Crippen LogP) is 2.89. The summed E-state index contributed by atoms with van der Waals surface area (Å²) >= 11 is 1.77. The Morgan fingerprint density at radius 3 is 2.67 bits per heavy atom. The monoisotopic (exact) mass is 305 g/mol. The Hall–Kier alpha value is -1.30. The Bertz CT molecular complexity index is 587. The number of hydrogen-bond donors (Lipinski definition) is 1. The van der Waals surface area contributed by atoms with Crippen LogP contribution >= 0.6 is 11.8 Å². The second-order valence-electron chi connectivity index (χ2n) is 5.53. The van der Waals surface area contributed by atoms with Gasteiger partial charge >= 0.3 is 0 Å². The normalized spacial score (nSPS) is 16.7. The Morgan fingerprint density at radius 1 is 1.29 bits per heavy atom. The lowest BCUT2D eigenvalue weighted by atomic mass is 9.90. The van der Waals surface area contributed by atoms with E-state index in [0.717, 1.165) is 28.5 Å². The lowest BCUT2D eigenvalue weighted by Crippen LogP contribution is -2.47. The Morgan fingerprint density at radius 2 is 2.05 bits per heavy atom. The summed E-state index contributed by atoms with van der Waals surface area (Å²) in [6.07, 6.45) is 0. The summed E-state index contributed by atoms with van der Waals surface area (Å²) in [5.41, 5.74) is 1.92. The third-order valence-electron chi connectivity index (χ3n) is 3.71. The number of ether oxygens (including phenoxy) is 1. The Labute approximate surface area is 128 Å². The zero-order valence-corrected chi connectivity index (χ0v) is 12.9. The lowest BCUT2D eigenvalue weighted by molar-refractivity contribution is -0.121. The fourth-order valence-electron chi connectivity index (χ4n) is 2.24. The largest absolute Gasteiger partial charge is 0.441 e. The van der Waals surface area contributed by atoms with Crippen LogP contribution < -0.4 is 0 Å². The zero-order chi connectivity index (χ0) is 14.7. The van der Waals surface area contributed by atoms with Crippen molar-refractivity contribution in [1.82, 2.24) is 4.98 Å². The smallest absolute Gasteiger partial charge is 0.226 e. The molecule has 0 atom stereocenters. The number of aryl methyl sites for hydroxylation is 1. The molecule has 0 amide bonds. The number of rotatable bonds is 6. The minimum atomic E-state index is -0.0510. The van der Waals surface area contributed by atoms with Crippen LogP contribution in [0.3, 0.4) is 0 Å². The van der Waals surface area contributed by atoms with Gasteiger partial charge in [-0.15, -0.1) is 0 Å². The first-order chi connectivity index (χ1) is 10.2. The highest BCUT2D eigenvalue weighted by atomic mass is 32.2. The topological polar surface area (TPSA) is 55.5 Å². The van der Waals surface area contributed by atoms with Crippen LogP contribution in [0.15, 0.2) is 34.7 Å². The van der Waals surface area contributed by atoms with Crippen molar-refractivity contribution in [3.63, 3.8) is 0 Å². The molecule has 0 radical (unpaired) electrons. The number of aromatic nitrogens is 1. The maximum atomic E-state index is 9.41. The fourth-order valence-corrected chi connectivity index (χ4v) is 3.50. The Kier molecular flexibility index (Phi) is 4.33. The Balaban J connectivity index is 1.62. The van der Waals surface area contributed by atoms with E-state index in [1.165, 1.54) is 0 Å². The average molecular weight is 305 g/mol. The molecule has 1 aliphatic rings. The van der Waals surface area contributed by atoms with Gasteiger partial charge in [-0.3, -0.25) is 0 Å². The first-order valence-electron chi connectivity index (χ1n) is 7.00. The van der Waals surface area contributed by atoms with Crippen molar-refractivity contribution in [2.45, 2.75) is 12.7 Å². The molecule has 4 nitrogen and oxygen atoms in total. The van der Waals surface area contributed by atoms with Crippen molar-refractivity contribution in [3.8, 4) is 11.5 Å². The van der Waals surface area contributed by atoms with Crippen LogP contribution in [0.1, 0.15) is 11.5 Å². The van der Waals surface area contributed by atoms with Gasteiger partial charge < -0.3 is 14.3 Å². The minimum absolute atomic E-state index is 0.0510. The SMILES string of the molecule is Cc1oc(-c2ccccc2)nc1CSCC1(CO)COC1. The molecule has 2 heterocycles. The first-order valence-corrected chi connectivity index (χ1v) is 8.16.